The number of rotatable bonds is 0. The molecule has 0 aromatic carbocycles. The maximum absolute atomic E-state index is 6.36. The van der Waals surface area contributed by atoms with Crippen molar-refractivity contribution in [2.24, 2.45) is 17.8 Å². The van der Waals surface area contributed by atoms with E-state index in [4.69, 9.17) is 34.8 Å². The predicted molar refractivity (Wildman–Crippen MR) is 47.5 cm³/mol. The lowest BCUT2D eigenvalue weighted by Crippen LogP contribution is -2.21. The number of halogens is 3. The summed E-state index contributed by atoms with van der Waals surface area (Å²) in [6.07, 6.45) is 4.31. The molecule has 11 heavy (non-hydrogen) atoms. The molecule has 6 atom stereocenters. The van der Waals surface area contributed by atoms with Gasteiger partial charge >= 0.3 is 0 Å². The summed E-state index contributed by atoms with van der Waals surface area (Å²) < 4.78 is 0. The van der Waals surface area contributed by atoms with Crippen molar-refractivity contribution in [3.05, 3.63) is 12.2 Å². The maximum Gasteiger partial charge on any atom is 0.0638 e. The molecular weight excluding hydrogens is 202 g/mol. The minimum absolute atomic E-state index is 0.0502. The first-order valence-electron chi connectivity index (χ1n) is 3.82. The van der Waals surface area contributed by atoms with E-state index in [1.807, 2.05) is 0 Å². The van der Waals surface area contributed by atoms with Crippen molar-refractivity contribution in [2.45, 2.75) is 15.6 Å². The summed E-state index contributed by atoms with van der Waals surface area (Å²) in [6.45, 7) is 0. The lowest BCUT2D eigenvalue weighted by atomic mass is 10.1. The molecular formula is C8H7Cl3. The Morgan fingerprint density at radius 1 is 1.00 bits per heavy atom. The highest BCUT2D eigenvalue weighted by Gasteiger charge is 2.77. The third-order valence-corrected chi connectivity index (χ3v) is 5.30. The SMILES string of the molecule is Cl[C@H]1[C@H](Cl)[C@H]2C=C[C@H]3[C@@H]1C23Cl. The lowest BCUT2D eigenvalue weighted by Gasteiger charge is -2.15. The Labute approximate surface area is 80.5 Å². The van der Waals surface area contributed by atoms with E-state index in [1.54, 1.807) is 0 Å². The van der Waals surface area contributed by atoms with Gasteiger partial charge < -0.3 is 0 Å². The third kappa shape index (κ3) is 0.556. The second kappa shape index (κ2) is 1.76. The highest BCUT2D eigenvalue weighted by molar-refractivity contribution is 6.36. The van der Waals surface area contributed by atoms with Crippen molar-refractivity contribution in [1.82, 2.24) is 0 Å². The van der Waals surface area contributed by atoms with E-state index >= 15 is 0 Å². The Morgan fingerprint density at radius 2 is 1.64 bits per heavy atom. The molecule has 3 aliphatic rings. The van der Waals surface area contributed by atoms with Gasteiger partial charge in [0.2, 0.25) is 0 Å². The fourth-order valence-electron chi connectivity index (χ4n) is 2.72. The molecule has 2 saturated carbocycles. The molecule has 0 heterocycles. The van der Waals surface area contributed by atoms with Gasteiger partial charge in [0.15, 0.2) is 0 Å². The Kier molecular flexibility index (Phi) is 1.13. The van der Waals surface area contributed by atoms with Crippen LogP contribution in [0.15, 0.2) is 12.2 Å². The van der Waals surface area contributed by atoms with Crippen LogP contribution in [0.5, 0.6) is 0 Å². The van der Waals surface area contributed by atoms with Gasteiger partial charge in [-0.3, -0.25) is 0 Å². The molecule has 0 aromatic heterocycles. The van der Waals surface area contributed by atoms with E-state index in [1.165, 1.54) is 0 Å². The third-order valence-electron chi connectivity index (χ3n) is 3.33. The fraction of sp³-hybridized carbons (Fsp3) is 0.750. The first-order chi connectivity index (χ1) is 5.17. The van der Waals surface area contributed by atoms with Crippen molar-refractivity contribution < 1.29 is 0 Å². The molecule has 0 aliphatic heterocycles. The summed E-state index contributed by atoms with van der Waals surface area (Å²) in [5.74, 6) is 1.29. The molecule has 2 fully saturated rings. The zero-order valence-electron chi connectivity index (χ0n) is 5.68. The van der Waals surface area contributed by atoms with Gasteiger partial charge in [0.25, 0.3) is 0 Å². The summed E-state index contributed by atoms with van der Waals surface area (Å²) in [7, 11) is 0. The highest BCUT2D eigenvalue weighted by atomic mass is 35.5. The summed E-state index contributed by atoms with van der Waals surface area (Å²) in [6, 6.07) is 0. The number of fused-ring (bicyclic) bond motifs is 1. The smallest absolute Gasteiger partial charge is 0.0638 e. The van der Waals surface area contributed by atoms with Crippen LogP contribution in [0.2, 0.25) is 0 Å². The number of hydrogen-bond donors (Lipinski definition) is 0. The second-order valence-electron chi connectivity index (χ2n) is 3.68. The van der Waals surface area contributed by atoms with Crippen LogP contribution in [-0.2, 0) is 0 Å². The van der Waals surface area contributed by atoms with E-state index in [2.05, 4.69) is 12.2 Å². The first-order valence-corrected chi connectivity index (χ1v) is 5.08. The molecule has 0 aromatic rings. The Hall–Kier alpha value is 0.610. The molecule has 0 amide bonds. The average molecular weight is 210 g/mol. The standard InChI is InChI=1S/C8H7Cl3/c9-6-4-2-1-3-5(7(6)10)8(3,4)11/h1-7H/t3-,4+,5-,6+,7+,8?/m0/s1. The summed E-state index contributed by atoms with van der Waals surface area (Å²) in [5, 5.41) is 0.133. The quantitative estimate of drug-likeness (QED) is 0.425. The van der Waals surface area contributed by atoms with Gasteiger partial charge in [0, 0.05) is 17.8 Å². The van der Waals surface area contributed by atoms with Gasteiger partial charge in [0.05, 0.1) is 15.6 Å². The molecule has 0 bridgehead atoms. The first kappa shape index (κ1) is 7.06. The molecule has 0 spiro atoms. The van der Waals surface area contributed by atoms with Crippen molar-refractivity contribution in [3.63, 3.8) is 0 Å². The lowest BCUT2D eigenvalue weighted by molar-refractivity contribution is 0.618. The largest absolute Gasteiger partial charge is 0.121 e. The van der Waals surface area contributed by atoms with Crippen molar-refractivity contribution in [3.8, 4) is 0 Å². The Morgan fingerprint density at radius 3 is 2.18 bits per heavy atom. The zero-order chi connectivity index (χ0) is 7.80. The predicted octanol–water partition coefficient (Wildman–Crippen LogP) is 2.62. The molecule has 0 radical (unpaired) electrons. The van der Waals surface area contributed by atoms with Crippen LogP contribution in [0.1, 0.15) is 0 Å². The molecule has 0 saturated heterocycles. The summed E-state index contributed by atoms with van der Waals surface area (Å²) in [4.78, 5) is -0.0706. The van der Waals surface area contributed by atoms with Crippen molar-refractivity contribution in [1.29, 1.82) is 0 Å². The minimum atomic E-state index is -0.0706. The van der Waals surface area contributed by atoms with Crippen LogP contribution in [0.3, 0.4) is 0 Å². The van der Waals surface area contributed by atoms with Gasteiger partial charge in [-0.05, 0) is 0 Å². The molecule has 0 N–H and O–H groups in total. The minimum Gasteiger partial charge on any atom is -0.121 e. The molecule has 1 unspecified atom stereocenters. The van der Waals surface area contributed by atoms with Crippen LogP contribution >= 0.6 is 34.8 Å². The van der Waals surface area contributed by atoms with Crippen LogP contribution in [0.25, 0.3) is 0 Å². The van der Waals surface area contributed by atoms with Crippen LogP contribution in [0, 0.1) is 17.8 Å². The maximum atomic E-state index is 6.36. The zero-order valence-corrected chi connectivity index (χ0v) is 7.94. The van der Waals surface area contributed by atoms with E-state index in [9.17, 15) is 0 Å². The van der Waals surface area contributed by atoms with Gasteiger partial charge in [-0.25, -0.2) is 0 Å². The average Bonchev–Trinajstić information content (AvgIpc) is 2.39. The molecule has 3 aliphatic carbocycles. The fourth-order valence-corrected chi connectivity index (χ4v) is 4.44. The number of allylic oxidation sites excluding steroid dienone is 2. The Bertz CT molecular complexity index is 250. The molecule has 3 heteroatoms. The normalized spacial score (nSPS) is 70.3. The van der Waals surface area contributed by atoms with Crippen LogP contribution < -0.4 is 0 Å². The van der Waals surface area contributed by atoms with Crippen LogP contribution in [0.4, 0.5) is 0 Å². The van der Waals surface area contributed by atoms with E-state index in [-0.39, 0.29) is 15.6 Å². The Balaban J connectivity index is 2.08. The van der Waals surface area contributed by atoms with Gasteiger partial charge in [0.1, 0.15) is 0 Å². The molecule has 0 nitrogen and oxygen atoms in total. The van der Waals surface area contributed by atoms with Gasteiger partial charge in [-0.15, -0.1) is 34.8 Å². The molecule has 3 rings (SSSR count). The number of hydrogen-bond acceptors (Lipinski definition) is 0. The monoisotopic (exact) mass is 208 g/mol. The number of alkyl halides is 3. The van der Waals surface area contributed by atoms with E-state index in [0.717, 1.165) is 0 Å². The van der Waals surface area contributed by atoms with E-state index in [0.29, 0.717) is 17.8 Å². The van der Waals surface area contributed by atoms with Crippen LogP contribution in [-0.4, -0.2) is 15.6 Å². The molecule has 60 valence electrons. The van der Waals surface area contributed by atoms with Crippen molar-refractivity contribution in [2.75, 3.05) is 0 Å². The second-order valence-corrected chi connectivity index (χ2v) is 5.34. The van der Waals surface area contributed by atoms with E-state index < -0.39 is 0 Å². The van der Waals surface area contributed by atoms with Crippen molar-refractivity contribution >= 4 is 34.8 Å². The summed E-state index contributed by atoms with van der Waals surface area (Å²) >= 11 is 18.6. The summed E-state index contributed by atoms with van der Waals surface area (Å²) in [5.41, 5.74) is 0. The van der Waals surface area contributed by atoms with Gasteiger partial charge in [-0.1, -0.05) is 12.2 Å². The topological polar surface area (TPSA) is 0 Å². The van der Waals surface area contributed by atoms with Gasteiger partial charge in [-0.2, -0.15) is 0 Å². The highest BCUT2D eigenvalue weighted by Crippen LogP contribution is 2.74.